The van der Waals surface area contributed by atoms with Gasteiger partial charge in [-0.2, -0.15) is 0 Å². The molecule has 0 unspecified atom stereocenters. The van der Waals surface area contributed by atoms with E-state index in [1.807, 2.05) is 42.5 Å². The molecular formula is C12H8Br3N. The number of rotatable bonds is 2. The van der Waals surface area contributed by atoms with Gasteiger partial charge in [0.2, 0.25) is 0 Å². The second-order valence-electron chi connectivity index (χ2n) is 3.24. The standard InChI is InChI=1S/C12H8Br3N/c13-8-6-10(14)12(11(15)7-8)16-9-4-2-1-3-5-9/h1-7,16H. The third-order valence-electron chi connectivity index (χ3n) is 2.05. The summed E-state index contributed by atoms with van der Waals surface area (Å²) < 4.78 is 3.06. The lowest BCUT2D eigenvalue weighted by Gasteiger charge is -2.11. The average molecular weight is 406 g/mol. The lowest BCUT2D eigenvalue weighted by Crippen LogP contribution is -1.92. The van der Waals surface area contributed by atoms with Crippen LogP contribution in [0.5, 0.6) is 0 Å². The van der Waals surface area contributed by atoms with Gasteiger partial charge in [0.25, 0.3) is 0 Å². The second-order valence-corrected chi connectivity index (χ2v) is 5.86. The summed E-state index contributed by atoms with van der Waals surface area (Å²) in [5.74, 6) is 0. The molecule has 0 aliphatic rings. The second kappa shape index (κ2) is 5.34. The van der Waals surface area contributed by atoms with Gasteiger partial charge in [-0.05, 0) is 56.1 Å². The van der Waals surface area contributed by atoms with Crippen LogP contribution in [0.1, 0.15) is 0 Å². The highest BCUT2D eigenvalue weighted by molar-refractivity contribution is 9.11. The van der Waals surface area contributed by atoms with Crippen LogP contribution in [0.15, 0.2) is 55.9 Å². The van der Waals surface area contributed by atoms with Crippen molar-refractivity contribution in [1.29, 1.82) is 0 Å². The van der Waals surface area contributed by atoms with Gasteiger partial charge in [-0.15, -0.1) is 0 Å². The van der Waals surface area contributed by atoms with Crippen LogP contribution in [0.25, 0.3) is 0 Å². The van der Waals surface area contributed by atoms with E-state index >= 15 is 0 Å². The molecule has 0 saturated carbocycles. The first kappa shape index (κ1) is 12.1. The van der Waals surface area contributed by atoms with Crippen molar-refractivity contribution in [1.82, 2.24) is 0 Å². The summed E-state index contributed by atoms with van der Waals surface area (Å²) in [5, 5.41) is 3.35. The maximum Gasteiger partial charge on any atom is 0.0673 e. The first-order valence-electron chi connectivity index (χ1n) is 4.63. The molecule has 0 radical (unpaired) electrons. The summed E-state index contributed by atoms with van der Waals surface area (Å²) in [5.41, 5.74) is 2.08. The Hall–Kier alpha value is -0.320. The largest absolute Gasteiger partial charge is 0.354 e. The van der Waals surface area contributed by atoms with E-state index < -0.39 is 0 Å². The molecule has 0 amide bonds. The molecule has 82 valence electrons. The molecule has 0 atom stereocenters. The lowest BCUT2D eigenvalue weighted by atomic mass is 10.3. The van der Waals surface area contributed by atoms with E-state index in [-0.39, 0.29) is 0 Å². The van der Waals surface area contributed by atoms with E-state index in [1.54, 1.807) is 0 Å². The zero-order chi connectivity index (χ0) is 11.5. The van der Waals surface area contributed by atoms with Gasteiger partial charge in [-0.25, -0.2) is 0 Å². The molecule has 0 aromatic heterocycles. The Balaban J connectivity index is 2.35. The molecule has 16 heavy (non-hydrogen) atoms. The minimum atomic E-state index is 1.01. The fraction of sp³-hybridized carbons (Fsp3) is 0. The molecule has 0 aliphatic heterocycles. The first-order chi connectivity index (χ1) is 7.66. The average Bonchev–Trinajstić information content (AvgIpc) is 2.25. The fourth-order valence-electron chi connectivity index (χ4n) is 1.33. The number of para-hydroxylation sites is 1. The quantitative estimate of drug-likeness (QED) is 0.674. The fourth-order valence-corrected chi connectivity index (χ4v) is 3.78. The van der Waals surface area contributed by atoms with E-state index in [9.17, 15) is 0 Å². The van der Waals surface area contributed by atoms with Crippen molar-refractivity contribution in [3.8, 4) is 0 Å². The molecule has 2 aromatic rings. The van der Waals surface area contributed by atoms with E-state index in [1.165, 1.54) is 0 Å². The number of halogens is 3. The van der Waals surface area contributed by atoms with Crippen molar-refractivity contribution < 1.29 is 0 Å². The van der Waals surface area contributed by atoms with Crippen molar-refractivity contribution >= 4 is 59.2 Å². The minimum Gasteiger partial charge on any atom is -0.354 e. The predicted molar refractivity (Wildman–Crippen MR) is 79.3 cm³/mol. The smallest absolute Gasteiger partial charge is 0.0673 e. The molecule has 1 nitrogen and oxygen atoms in total. The van der Waals surface area contributed by atoms with Crippen molar-refractivity contribution in [2.45, 2.75) is 0 Å². The van der Waals surface area contributed by atoms with Gasteiger partial charge in [0.05, 0.1) is 5.69 Å². The normalized spacial score (nSPS) is 10.2. The molecule has 0 spiro atoms. The highest BCUT2D eigenvalue weighted by Crippen LogP contribution is 2.36. The molecule has 0 aliphatic carbocycles. The number of benzene rings is 2. The zero-order valence-electron chi connectivity index (χ0n) is 8.18. The van der Waals surface area contributed by atoms with Gasteiger partial charge in [0.15, 0.2) is 0 Å². The third-order valence-corrected chi connectivity index (χ3v) is 3.76. The van der Waals surface area contributed by atoms with Crippen LogP contribution in [0.3, 0.4) is 0 Å². The van der Waals surface area contributed by atoms with Gasteiger partial charge in [-0.3, -0.25) is 0 Å². The van der Waals surface area contributed by atoms with Gasteiger partial charge < -0.3 is 5.32 Å². The van der Waals surface area contributed by atoms with Crippen molar-refractivity contribution in [2.75, 3.05) is 5.32 Å². The number of anilines is 2. The Morgan fingerprint density at radius 2 is 1.38 bits per heavy atom. The maximum absolute atomic E-state index is 3.53. The summed E-state index contributed by atoms with van der Waals surface area (Å²) in [7, 11) is 0. The van der Waals surface area contributed by atoms with E-state index in [4.69, 9.17) is 0 Å². The maximum atomic E-state index is 3.53. The van der Waals surface area contributed by atoms with Crippen molar-refractivity contribution in [3.05, 3.63) is 55.9 Å². The molecule has 4 heteroatoms. The summed E-state index contributed by atoms with van der Waals surface area (Å²) in [4.78, 5) is 0. The summed E-state index contributed by atoms with van der Waals surface area (Å²) in [6.45, 7) is 0. The summed E-state index contributed by atoms with van der Waals surface area (Å²) in [6, 6.07) is 14.1. The monoisotopic (exact) mass is 403 g/mol. The molecular weight excluding hydrogens is 398 g/mol. The SMILES string of the molecule is Brc1cc(Br)c(Nc2ccccc2)c(Br)c1. The zero-order valence-corrected chi connectivity index (χ0v) is 12.9. The first-order valence-corrected chi connectivity index (χ1v) is 7.01. The summed E-state index contributed by atoms with van der Waals surface area (Å²) >= 11 is 10.5. The highest BCUT2D eigenvalue weighted by atomic mass is 79.9. The number of hydrogen-bond acceptors (Lipinski definition) is 1. The molecule has 0 heterocycles. The molecule has 1 N–H and O–H groups in total. The van der Waals surface area contributed by atoms with Crippen LogP contribution in [0, 0.1) is 0 Å². The molecule has 0 saturated heterocycles. The van der Waals surface area contributed by atoms with Crippen LogP contribution >= 0.6 is 47.8 Å². The Labute approximate surface area is 120 Å². The van der Waals surface area contributed by atoms with Gasteiger partial charge in [0.1, 0.15) is 0 Å². The van der Waals surface area contributed by atoms with Crippen molar-refractivity contribution in [2.24, 2.45) is 0 Å². The number of hydrogen-bond donors (Lipinski definition) is 1. The van der Waals surface area contributed by atoms with E-state index in [0.29, 0.717) is 0 Å². The Morgan fingerprint density at radius 3 is 1.94 bits per heavy atom. The summed E-state index contributed by atoms with van der Waals surface area (Å²) in [6.07, 6.45) is 0. The molecule has 0 fully saturated rings. The Bertz CT molecular complexity index is 474. The van der Waals surface area contributed by atoms with Crippen LogP contribution < -0.4 is 5.32 Å². The van der Waals surface area contributed by atoms with Crippen LogP contribution in [-0.2, 0) is 0 Å². The topological polar surface area (TPSA) is 12.0 Å². The van der Waals surface area contributed by atoms with Crippen LogP contribution in [0.2, 0.25) is 0 Å². The molecule has 0 bridgehead atoms. The number of nitrogens with one attached hydrogen (secondary N) is 1. The lowest BCUT2D eigenvalue weighted by molar-refractivity contribution is 1.48. The van der Waals surface area contributed by atoms with Gasteiger partial charge in [0, 0.05) is 19.1 Å². The van der Waals surface area contributed by atoms with Crippen molar-refractivity contribution in [3.63, 3.8) is 0 Å². The Morgan fingerprint density at radius 1 is 0.812 bits per heavy atom. The van der Waals surface area contributed by atoms with Gasteiger partial charge >= 0.3 is 0 Å². The third kappa shape index (κ3) is 2.87. The molecule has 2 aromatic carbocycles. The minimum absolute atomic E-state index is 1.01. The highest BCUT2D eigenvalue weighted by Gasteiger charge is 2.06. The van der Waals surface area contributed by atoms with Crippen LogP contribution in [-0.4, -0.2) is 0 Å². The predicted octanol–water partition coefficient (Wildman–Crippen LogP) is 5.72. The van der Waals surface area contributed by atoms with E-state index in [0.717, 1.165) is 24.8 Å². The van der Waals surface area contributed by atoms with Crippen LogP contribution in [0.4, 0.5) is 11.4 Å². The Kier molecular flexibility index (Phi) is 4.05. The van der Waals surface area contributed by atoms with E-state index in [2.05, 4.69) is 53.1 Å². The van der Waals surface area contributed by atoms with Gasteiger partial charge in [-0.1, -0.05) is 34.1 Å². The molecule has 2 rings (SSSR count).